The largest absolute Gasteiger partial charge is 0.481 e. The zero-order valence-electron chi connectivity index (χ0n) is 18.7. The van der Waals surface area contributed by atoms with Gasteiger partial charge in [0.2, 0.25) is 5.88 Å². The molecule has 6 rings (SSSR count). The smallest absolute Gasteiger partial charge is 0.278 e. The van der Waals surface area contributed by atoms with Gasteiger partial charge in [0, 0.05) is 55.1 Å². The summed E-state index contributed by atoms with van der Waals surface area (Å²) in [4.78, 5) is 22.3. The van der Waals surface area contributed by atoms with Crippen molar-refractivity contribution in [3.05, 3.63) is 71.1 Å². The summed E-state index contributed by atoms with van der Waals surface area (Å²) in [6, 6.07) is 17.9. The zero-order valence-corrected chi connectivity index (χ0v) is 18.7. The van der Waals surface area contributed by atoms with Gasteiger partial charge in [0.25, 0.3) is 5.56 Å². The van der Waals surface area contributed by atoms with Crippen molar-refractivity contribution < 1.29 is 4.74 Å². The van der Waals surface area contributed by atoms with Crippen LogP contribution < -0.4 is 20.5 Å². The predicted octanol–water partition coefficient (Wildman–Crippen LogP) is 2.74. The number of pyridine rings is 2. The van der Waals surface area contributed by atoms with Crippen LogP contribution in [0.3, 0.4) is 0 Å². The van der Waals surface area contributed by atoms with Crippen molar-refractivity contribution in [2.24, 2.45) is 0 Å². The minimum absolute atomic E-state index is 0.259. The molecule has 170 valence electrons. The van der Waals surface area contributed by atoms with Crippen LogP contribution >= 0.6 is 0 Å². The predicted molar refractivity (Wildman–Crippen MR) is 132 cm³/mol. The van der Waals surface area contributed by atoms with Crippen LogP contribution in [0.15, 0.2) is 65.6 Å². The minimum atomic E-state index is -0.259. The van der Waals surface area contributed by atoms with E-state index in [9.17, 15) is 4.79 Å². The topological polar surface area (TPSA) is 101 Å². The van der Waals surface area contributed by atoms with E-state index >= 15 is 0 Å². The average molecular weight is 454 g/mol. The van der Waals surface area contributed by atoms with E-state index in [1.165, 1.54) is 5.69 Å². The number of fused-ring (bicyclic) bond motifs is 3. The summed E-state index contributed by atoms with van der Waals surface area (Å²) in [5, 5.41) is 12.8. The van der Waals surface area contributed by atoms with E-state index in [4.69, 9.17) is 4.74 Å². The SMILES string of the molecule is COc1ccc(-c2ccc3[nH]c(=O)c4nnn(-c5ccc(N6CCNCC6)cc5)c4c3c2)cn1. The lowest BCUT2D eigenvalue weighted by Crippen LogP contribution is -2.43. The maximum absolute atomic E-state index is 12.7. The number of anilines is 1. The average Bonchev–Trinajstić information content (AvgIpc) is 3.36. The Hall–Kier alpha value is -4.24. The second-order valence-corrected chi connectivity index (χ2v) is 8.26. The van der Waals surface area contributed by atoms with Gasteiger partial charge in [0.05, 0.1) is 18.3 Å². The number of piperazine rings is 1. The number of aromatic amines is 1. The highest BCUT2D eigenvalue weighted by Gasteiger charge is 2.16. The van der Waals surface area contributed by atoms with Crippen LogP contribution in [0.25, 0.3) is 38.8 Å². The maximum atomic E-state index is 12.7. The van der Waals surface area contributed by atoms with Gasteiger partial charge in [-0.3, -0.25) is 4.79 Å². The number of nitrogens with one attached hydrogen (secondary N) is 2. The Morgan fingerprint density at radius 3 is 2.44 bits per heavy atom. The van der Waals surface area contributed by atoms with Gasteiger partial charge >= 0.3 is 0 Å². The first-order valence-electron chi connectivity index (χ1n) is 11.2. The number of hydrogen-bond acceptors (Lipinski definition) is 7. The normalized spacial score (nSPS) is 14.1. The molecular weight excluding hydrogens is 430 g/mol. The lowest BCUT2D eigenvalue weighted by Gasteiger charge is -2.29. The lowest BCUT2D eigenvalue weighted by atomic mass is 10.0. The fourth-order valence-corrected chi connectivity index (χ4v) is 4.47. The van der Waals surface area contributed by atoms with Gasteiger partial charge in [-0.25, -0.2) is 9.67 Å². The maximum Gasteiger partial charge on any atom is 0.278 e. The molecule has 4 heterocycles. The van der Waals surface area contributed by atoms with Crippen molar-refractivity contribution in [3.63, 3.8) is 0 Å². The van der Waals surface area contributed by atoms with Gasteiger partial charge in [-0.05, 0) is 48.0 Å². The molecule has 0 amide bonds. The molecule has 0 unspecified atom stereocenters. The first kappa shape index (κ1) is 20.4. The highest BCUT2D eigenvalue weighted by Crippen LogP contribution is 2.29. The summed E-state index contributed by atoms with van der Waals surface area (Å²) in [7, 11) is 1.59. The number of hydrogen-bond donors (Lipinski definition) is 2. The molecule has 0 radical (unpaired) electrons. The molecule has 0 bridgehead atoms. The van der Waals surface area contributed by atoms with Gasteiger partial charge in [-0.1, -0.05) is 11.3 Å². The second-order valence-electron chi connectivity index (χ2n) is 8.26. The first-order chi connectivity index (χ1) is 16.7. The summed E-state index contributed by atoms with van der Waals surface area (Å²) < 4.78 is 6.91. The van der Waals surface area contributed by atoms with Crippen molar-refractivity contribution in [2.75, 3.05) is 38.2 Å². The molecule has 0 saturated carbocycles. The number of H-pyrrole nitrogens is 1. The van der Waals surface area contributed by atoms with Crippen LogP contribution in [0.1, 0.15) is 0 Å². The summed E-state index contributed by atoms with van der Waals surface area (Å²) in [6.07, 6.45) is 1.77. The minimum Gasteiger partial charge on any atom is -0.481 e. The highest BCUT2D eigenvalue weighted by atomic mass is 16.5. The molecule has 0 aliphatic carbocycles. The highest BCUT2D eigenvalue weighted by molar-refractivity contribution is 6.03. The molecule has 2 N–H and O–H groups in total. The van der Waals surface area contributed by atoms with Crippen molar-refractivity contribution in [1.29, 1.82) is 0 Å². The molecule has 34 heavy (non-hydrogen) atoms. The van der Waals surface area contributed by atoms with Crippen molar-refractivity contribution >= 4 is 27.6 Å². The third-order valence-corrected chi connectivity index (χ3v) is 6.26. The number of ether oxygens (including phenoxy) is 1. The standard InChI is InChI=1S/C25H23N7O2/c1-34-22-9-3-17(15-27-22)16-2-8-21-20(14-16)24-23(25(33)28-21)29-30-32(24)19-6-4-18(5-7-19)31-12-10-26-11-13-31/h2-9,14-15,26H,10-13H2,1H3,(H,28,33). The summed E-state index contributed by atoms with van der Waals surface area (Å²) in [5.41, 5.74) is 5.39. The lowest BCUT2D eigenvalue weighted by molar-refractivity contribution is 0.398. The van der Waals surface area contributed by atoms with E-state index in [0.717, 1.165) is 53.9 Å². The molecule has 1 saturated heterocycles. The van der Waals surface area contributed by atoms with Crippen LogP contribution in [-0.4, -0.2) is 58.3 Å². The van der Waals surface area contributed by atoms with Crippen molar-refractivity contribution in [1.82, 2.24) is 30.3 Å². The third-order valence-electron chi connectivity index (χ3n) is 6.26. The Labute approximate surface area is 195 Å². The Bertz CT molecular complexity index is 1530. The summed E-state index contributed by atoms with van der Waals surface area (Å²) in [5.74, 6) is 0.558. The molecule has 1 aliphatic heterocycles. The van der Waals surface area contributed by atoms with E-state index in [-0.39, 0.29) is 5.56 Å². The Kier molecular flexibility index (Phi) is 4.96. The molecule has 3 aromatic heterocycles. The Morgan fingerprint density at radius 2 is 1.71 bits per heavy atom. The molecule has 5 aromatic rings. The van der Waals surface area contributed by atoms with Crippen LogP contribution in [0.5, 0.6) is 5.88 Å². The molecule has 1 fully saturated rings. The number of nitrogens with zero attached hydrogens (tertiary/aromatic N) is 5. The quantitative estimate of drug-likeness (QED) is 0.432. The van der Waals surface area contributed by atoms with E-state index in [2.05, 4.69) is 42.6 Å². The zero-order chi connectivity index (χ0) is 23.1. The van der Waals surface area contributed by atoms with Gasteiger partial charge in [0.15, 0.2) is 5.52 Å². The van der Waals surface area contributed by atoms with Gasteiger partial charge in [-0.15, -0.1) is 5.10 Å². The van der Waals surface area contributed by atoms with E-state index in [1.54, 1.807) is 18.0 Å². The Balaban J connectivity index is 1.47. The van der Waals surface area contributed by atoms with Gasteiger partial charge < -0.3 is 19.9 Å². The Morgan fingerprint density at radius 1 is 0.941 bits per heavy atom. The van der Waals surface area contributed by atoms with E-state index < -0.39 is 0 Å². The van der Waals surface area contributed by atoms with Crippen molar-refractivity contribution in [3.8, 4) is 22.7 Å². The number of methoxy groups -OCH3 is 1. The van der Waals surface area contributed by atoms with E-state index in [0.29, 0.717) is 16.9 Å². The van der Waals surface area contributed by atoms with Crippen LogP contribution in [-0.2, 0) is 0 Å². The molecule has 9 nitrogen and oxygen atoms in total. The molecule has 2 aromatic carbocycles. The van der Waals surface area contributed by atoms with Gasteiger partial charge in [-0.2, -0.15) is 0 Å². The molecule has 1 aliphatic rings. The number of rotatable bonds is 4. The summed E-state index contributed by atoms with van der Waals surface area (Å²) >= 11 is 0. The number of aromatic nitrogens is 5. The third kappa shape index (κ3) is 3.46. The first-order valence-corrected chi connectivity index (χ1v) is 11.2. The molecule has 0 atom stereocenters. The van der Waals surface area contributed by atoms with Gasteiger partial charge in [0.1, 0.15) is 5.52 Å². The summed E-state index contributed by atoms with van der Waals surface area (Å²) in [6.45, 7) is 3.93. The number of benzene rings is 2. The molecule has 9 heteroatoms. The second kappa shape index (κ2) is 8.27. The van der Waals surface area contributed by atoms with Crippen molar-refractivity contribution in [2.45, 2.75) is 0 Å². The van der Waals surface area contributed by atoms with Crippen LogP contribution in [0.2, 0.25) is 0 Å². The van der Waals surface area contributed by atoms with Crippen LogP contribution in [0, 0.1) is 0 Å². The van der Waals surface area contributed by atoms with Crippen LogP contribution in [0.4, 0.5) is 5.69 Å². The fourth-order valence-electron chi connectivity index (χ4n) is 4.47. The fraction of sp³-hybridized carbons (Fsp3) is 0.200. The van der Waals surface area contributed by atoms with E-state index in [1.807, 2.05) is 42.5 Å². The molecular formula is C25H23N7O2. The monoisotopic (exact) mass is 453 g/mol. The molecule has 0 spiro atoms.